The summed E-state index contributed by atoms with van der Waals surface area (Å²) >= 11 is 0. The Morgan fingerprint density at radius 1 is 1.18 bits per heavy atom. The van der Waals surface area contributed by atoms with Crippen molar-refractivity contribution in [2.24, 2.45) is 0 Å². The summed E-state index contributed by atoms with van der Waals surface area (Å²) in [5, 5.41) is 0. The van der Waals surface area contributed by atoms with Crippen molar-refractivity contribution < 1.29 is 4.79 Å². The van der Waals surface area contributed by atoms with Crippen LogP contribution in [0.5, 0.6) is 0 Å². The monoisotopic (exact) mass is 229 g/mol. The van der Waals surface area contributed by atoms with E-state index in [0.29, 0.717) is 23.8 Å². The predicted octanol–water partition coefficient (Wildman–Crippen LogP) is 2.60. The standard InChI is InChI=1S/C15H19NO/c1-11-7-15(17)9-14-8-13(10-16(11)14)12-5-3-2-4-6-12/h2-6,11,13-14H,7-10H2,1H3/t11-,13-,14+/m1/s1. The van der Waals surface area contributed by atoms with Crippen LogP contribution in [0.1, 0.15) is 37.7 Å². The van der Waals surface area contributed by atoms with E-state index in [-0.39, 0.29) is 0 Å². The van der Waals surface area contributed by atoms with Gasteiger partial charge in [-0.1, -0.05) is 30.3 Å². The summed E-state index contributed by atoms with van der Waals surface area (Å²) in [5.74, 6) is 1.07. The Balaban J connectivity index is 1.79. The first-order valence-electron chi connectivity index (χ1n) is 6.56. The molecule has 0 N–H and O–H groups in total. The van der Waals surface area contributed by atoms with Crippen LogP contribution in [0.15, 0.2) is 30.3 Å². The summed E-state index contributed by atoms with van der Waals surface area (Å²) in [6.07, 6.45) is 2.67. The Morgan fingerprint density at radius 2 is 1.94 bits per heavy atom. The number of Topliss-reactive ketones (excluding diaryl/α,β-unsaturated/α-hetero) is 1. The molecule has 2 fully saturated rings. The number of hydrogen-bond donors (Lipinski definition) is 0. The average molecular weight is 229 g/mol. The zero-order valence-corrected chi connectivity index (χ0v) is 10.3. The summed E-state index contributed by atoms with van der Waals surface area (Å²) in [5.41, 5.74) is 1.43. The molecule has 2 heteroatoms. The van der Waals surface area contributed by atoms with Crippen molar-refractivity contribution in [1.82, 2.24) is 4.90 Å². The molecule has 0 radical (unpaired) electrons. The minimum Gasteiger partial charge on any atom is -0.300 e. The van der Waals surface area contributed by atoms with E-state index >= 15 is 0 Å². The number of carbonyl (C=O) groups excluding carboxylic acids is 1. The largest absolute Gasteiger partial charge is 0.300 e. The lowest BCUT2D eigenvalue weighted by atomic mass is 9.93. The van der Waals surface area contributed by atoms with Crippen molar-refractivity contribution in [3.8, 4) is 0 Å². The highest BCUT2D eigenvalue weighted by atomic mass is 16.1. The van der Waals surface area contributed by atoms with Gasteiger partial charge in [0.2, 0.25) is 0 Å². The first-order valence-corrected chi connectivity index (χ1v) is 6.56. The minimum absolute atomic E-state index is 0.440. The van der Waals surface area contributed by atoms with E-state index in [1.54, 1.807) is 0 Å². The zero-order valence-electron chi connectivity index (χ0n) is 10.3. The van der Waals surface area contributed by atoms with Crippen LogP contribution in [0.3, 0.4) is 0 Å². The van der Waals surface area contributed by atoms with Gasteiger partial charge in [-0.05, 0) is 24.8 Å². The normalized spacial score (nSPS) is 33.7. The summed E-state index contributed by atoms with van der Waals surface area (Å²) in [6.45, 7) is 3.32. The summed E-state index contributed by atoms with van der Waals surface area (Å²) in [7, 11) is 0. The van der Waals surface area contributed by atoms with E-state index < -0.39 is 0 Å². The van der Waals surface area contributed by atoms with Crippen molar-refractivity contribution in [3.05, 3.63) is 35.9 Å². The van der Waals surface area contributed by atoms with E-state index in [0.717, 1.165) is 25.8 Å². The number of carbonyl (C=O) groups is 1. The Bertz CT molecular complexity index is 414. The Kier molecular flexibility index (Phi) is 2.75. The first kappa shape index (κ1) is 11.0. The molecule has 90 valence electrons. The molecule has 0 spiro atoms. The fraction of sp³-hybridized carbons (Fsp3) is 0.533. The van der Waals surface area contributed by atoms with Gasteiger partial charge < -0.3 is 0 Å². The number of fused-ring (bicyclic) bond motifs is 1. The molecule has 0 aromatic heterocycles. The summed E-state index contributed by atoms with van der Waals surface area (Å²) in [4.78, 5) is 14.2. The molecule has 2 aliphatic rings. The van der Waals surface area contributed by atoms with Gasteiger partial charge in [-0.25, -0.2) is 0 Å². The Hall–Kier alpha value is -1.15. The quantitative estimate of drug-likeness (QED) is 0.737. The third kappa shape index (κ3) is 2.02. The van der Waals surface area contributed by atoms with Gasteiger partial charge >= 0.3 is 0 Å². The van der Waals surface area contributed by atoms with Crippen LogP contribution in [-0.4, -0.2) is 29.3 Å². The molecule has 1 aromatic carbocycles. The molecule has 3 rings (SSSR count). The number of nitrogens with zero attached hydrogens (tertiary/aromatic N) is 1. The predicted molar refractivity (Wildman–Crippen MR) is 68.0 cm³/mol. The number of benzene rings is 1. The van der Waals surface area contributed by atoms with Crippen molar-refractivity contribution in [2.45, 2.75) is 44.2 Å². The second-order valence-corrected chi connectivity index (χ2v) is 5.49. The molecule has 0 bridgehead atoms. The van der Waals surface area contributed by atoms with Gasteiger partial charge in [-0.2, -0.15) is 0 Å². The highest BCUT2D eigenvalue weighted by Gasteiger charge is 2.40. The van der Waals surface area contributed by atoms with E-state index in [1.165, 1.54) is 5.56 Å². The van der Waals surface area contributed by atoms with E-state index in [2.05, 4.69) is 42.2 Å². The molecule has 1 aromatic rings. The number of hydrogen-bond acceptors (Lipinski definition) is 2. The van der Waals surface area contributed by atoms with Crippen molar-refractivity contribution in [2.75, 3.05) is 6.54 Å². The molecule has 0 saturated carbocycles. The van der Waals surface area contributed by atoms with Crippen LogP contribution in [0.4, 0.5) is 0 Å². The number of ketones is 1. The molecule has 3 atom stereocenters. The molecule has 2 saturated heterocycles. The highest BCUT2D eigenvalue weighted by molar-refractivity contribution is 5.80. The molecular formula is C15H19NO. The van der Waals surface area contributed by atoms with Gasteiger partial charge in [0, 0.05) is 31.5 Å². The van der Waals surface area contributed by atoms with Crippen LogP contribution < -0.4 is 0 Å². The van der Waals surface area contributed by atoms with Crippen molar-refractivity contribution in [1.29, 1.82) is 0 Å². The fourth-order valence-electron chi connectivity index (χ4n) is 3.44. The highest BCUT2D eigenvalue weighted by Crippen LogP contribution is 2.37. The average Bonchev–Trinajstić information content (AvgIpc) is 2.74. The second kappa shape index (κ2) is 4.26. The molecule has 0 aliphatic carbocycles. The van der Waals surface area contributed by atoms with Crippen LogP contribution >= 0.6 is 0 Å². The molecule has 2 nitrogen and oxygen atoms in total. The third-order valence-electron chi connectivity index (χ3n) is 4.28. The Morgan fingerprint density at radius 3 is 2.71 bits per heavy atom. The first-order chi connectivity index (χ1) is 8.24. The maximum Gasteiger partial charge on any atom is 0.136 e. The van der Waals surface area contributed by atoms with Crippen LogP contribution in [0.25, 0.3) is 0 Å². The minimum atomic E-state index is 0.440. The maximum absolute atomic E-state index is 11.6. The van der Waals surface area contributed by atoms with Gasteiger partial charge in [-0.3, -0.25) is 9.69 Å². The molecule has 17 heavy (non-hydrogen) atoms. The number of piperidine rings is 1. The second-order valence-electron chi connectivity index (χ2n) is 5.49. The lowest BCUT2D eigenvalue weighted by Crippen LogP contribution is -2.44. The van der Waals surface area contributed by atoms with Crippen LogP contribution in [0, 0.1) is 0 Å². The van der Waals surface area contributed by atoms with Gasteiger partial charge in [0.25, 0.3) is 0 Å². The van der Waals surface area contributed by atoms with E-state index in [4.69, 9.17) is 0 Å². The van der Waals surface area contributed by atoms with Gasteiger partial charge in [0.05, 0.1) is 0 Å². The van der Waals surface area contributed by atoms with Gasteiger partial charge in [0.15, 0.2) is 0 Å². The fourth-order valence-corrected chi connectivity index (χ4v) is 3.44. The lowest BCUT2D eigenvalue weighted by molar-refractivity contribution is -0.124. The summed E-state index contributed by atoms with van der Waals surface area (Å²) < 4.78 is 0. The van der Waals surface area contributed by atoms with Crippen molar-refractivity contribution >= 4 is 5.78 Å². The molecule has 2 heterocycles. The molecule has 0 unspecified atom stereocenters. The van der Waals surface area contributed by atoms with Crippen molar-refractivity contribution in [3.63, 3.8) is 0 Å². The molecule has 0 amide bonds. The molecule has 2 aliphatic heterocycles. The maximum atomic E-state index is 11.6. The topological polar surface area (TPSA) is 20.3 Å². The zero-order chi connectivity index (χ0) is 11.8. The smallest absolute Gasteiger partial charge is 0.136 e. The van der Waals surface area contributed by atoms with E-state index in [1.807, 2.05) is 0 Å². The summed E-state index contributed by atoms with van der Waals surface area (Å²) in [6, 6.07) is 11.7. The number of rotatable bonds is 1. The SMILES string of the molecule is C[C@@H]1CC(=O)C[C@@H]2C[C@@H](c3ccccc3)CN21. The van der Waals surface area contributed by atoms with Gasteiger partial charge in [-0.15, -0.1) is 0 Å². The van der Waals surface area contributed by atoms with Crippen LogP contribution in [0.2, 0.25) is 0 Å². The third-order valence-corrected chi connectivity index (χ3v) is 4.28. The lowest BCUT2D eigenvalue weighted by Gasteiger charge is -2.34. The van der Waals surface area contributed by atoms with E-state index in [9.17, 15) is 4.79 Å². The van der Waals surface area contributed by atoms with Gasteiger partial charge in [0.1, 0.15) is 5.78 Å². The van der Waals surface area contributed by atoms with Crippen LogP contribution in [-0.2, 0) is 4.79 Å². The Labute approximate surface area is 103 Å². The molecular weight excluding hydrogens is 210 g/mol.